The number of anilines is 3. The minimum atomic E-state index is -0.381. The van der Waals surface area contributed by atoms with Crippen LogP contribution in [0.2, 0.25) is 0 Å². The molecule has 8 heteroatoms. The first-order valence-electron chi connectivity index (χ1n) is 16.7. The number of hydrogen-bond donors (Lipinski definition) is 3. The molecule has 7 rings (SSSR count). The maximum atomic E-state index is 11.4. The van der Waals surface area contributed by atoms with Gasteiger partial charge in [-0.15, -0.1) is 0 Å². The van der Waals surface area contributed by atoms with E-state index in [0.717, 1.165) is 35.8 Å². The van der Waals surface area contributed by atoms with Crippen LogP contribution in [0.3, 0.4) is 0 Å². The SMILES string of the molecule is C[C@@H]1[C@@H](CN(CC2CC2)C2CC(CCC3Nc4ccc(C(C)(C)C)cc4N3C)C2)C[C@@H](n2ccc3c(N)ncnc32)[C@@H]1O. The normalized spacial score (nSPS) is 30.6. The van der Waals surface area contributed by atoms with Crippen molar-refractivity contribution in [3.05, 3.63) is 42.4 Å². The molecule has 1 unspecified atom stereocenters. The zero-order valence-corrected chi connectivity index (χ0v) is 26.7. The third kappa shape index (κ3) is 5.50. The van der Waals surface area contributed by atoms with Crippen molar-refractivity contribution >= 4 is 28.2 Å². The summed E-state index contributed by atoms with van der Waals surface area (Å²) in [5.74, 6) is 2.92. The van der Waals surface area contributed by atoms with E-state index in [1.165, 1.54) is 68.3 Å². The van der Waals surface area contributed by atoms with Gasteiger partial charge in [0.15, 0.2) is 0 Å². The molecule has 43 heavy (non-hydrogen) atoms. The molecule has 1 aliphatic heterocycles. The Balaban J connectivity index is 0.951. The molecule has 0 bridgehead atoms. The van der Waals surface area contributed by atoms with E-state index in [1.54, 1.807) is 0 Å². The van der Waals surface area contributed by atoms with Crippen molar-refractivity contribution in [3.8, 4) is 0 Å². The monoisotopic (exact) mass is 585 g/mol. The van der Waals surface area contributed by atoms with E-state index >= 15 is 0 Å². The second kappa shape index (κ2) is 11.0. The molecule has 3 aliphatic carbocycles. The molecule has 0 spiro atoms. The minimum absolute atomic E-state index is 0.0308. The summed E-state index contributed by atoms with van der Waals surface area (Å²) in [7, 11) is 2.25. The summed E-state index contributed by atoms with van der Waals surface area (Å²) in [6.07, 6.45) is 12.4. The Kier molecular flexibility index (Phi) is 7.36. The summed E-state index contributed by atoms with van der Waals surface area (Å²) >= 11 is 0. The number of aliphatic hydroxyl groups is 1. The van der Waals surface area contributed by atoms with Gasteiger partial charge in [0.25, 0.3) is 0 Å². The van der Waals surface area contributed by atoms with Gasteiger partial charge < -0.3 is 25.6 Å². The van der Waals surface area contributed by atoms with Gasteiger partial charge >= 0.3 is 0 Å². The first kappa shape index (κ1) is 28.9. The summed E-state index contributed by atoms with van der Waals surface area (Å²) in [4.78, 5) is 13.9. The molecule has 8 nitrogen and oxygen atoms in total. The predicted octanol–water partition coefficient (Wildman–Crippen LogP) is 6.03. The van der Waals surface area contributed by atoms with Crippen LogP contribution < -0.4 is 16.0 Å². The van der Waals surface area contributed by atoms with Crippen molar-refractivity contribution in [2.24, 2.45) is 23.7 Å². The topological polar surface area (TPSA) is 95.5 Å². The highest BCUT2D eigenvalue weighted by Gasteiger charge is 2.44. The summed E-state index contributed by atoms with van der Waals surface area (Å²) < 4.78 is 2.15. The summed E-state index contributed by atoms with van der Waals surface area (Å²) in [5.41, 5.74) is 11.1. The Bertz CT molecular complexity index is 1450. The first-order valence-corrected chi connectivity index (χ1v) is 16.7. The van der Waals surface area contributed by atoms with Crippen LogP contribution in [0.5, 0.6) is 0 Å². The highest BCUT2D eigenvalue weighted by molar-refractivity contribution is 5.86. The van der Waals surface area contributed by atoms with Crippen molar-refractivity contribution in [2.45, 2.75) is 102 Å². The lowest BCUT2D eigenvalue weighted by Gasteiger charge is -2.45. The van der Waals surface area contributed by atoms with E-state index in [9.17, 15) is 5.11 Å². The molecular weight excluding hydrogens is 534 g/mol. The summed E-state index contributed by atoms with van der Waals surface area (Å²) in [5, 5.41) is 16.0. The zero-order chi connectivity index (χ0) is 30.0. The van der Waals surface area contributed by atoms with Crippen molar-refractivity contribution in [2.75, 3.05) is 36.1 Å². The third-order valence-corrected chi connectivity index (χ3v) is 11.4. The van der Waals surface area contributed by atoms with Crippen molar-refractivity contribution in [1.82, 2.24) is 19.4 Å². The number of hydrogen-bond acceptors (Lipinski definition) is 7. The number of nitrogens with one attached hydrogen (secondary N) is 1. The van der Waals surface area contributed by atoms with Crippen LogP contribution in [0.25, 0.3) is 11.0 Å². The van der Waals surface area contributed by atoms with Crippen molar-refractivity contribution in [3.63, 3.8) is 0 Å². The minimum Gasteiger partial charge on any atom is -0.391 e. The van der Waals surface area contributed by atoms with Crippen LogP contribution in [0, 0.1) is 23.7 Å². The van der Waals surface area contributed by atoms with Crippen LogP contribution in [0.4, 0.5) is 17.2 Å². The van der Waals surface area contributed by atoms with Gasteiger partial charge in [-0.3, -0.25) is 4.90 Å². The maximum Gasteiger partial charge on any atom is 0.145 e. The second-order valence-corrected chi connectivity index (χ2v) is 15.4. The standard InChI is InChI=1S/C35H51N7O/c1-21-24(16-30(32(21)43)42-13-12-27-33(36)37-20-38-34(27)42)19-41(18-22-6-7-22)26-14-23(15-26)8-11-31-39-28-10-9-25(35(2,3)4)17-29(28)40(31)5/h9-10,12-13,17,20-24,26,30-32,39,43H,6-8,11,14-16,18-19H2,1-5H3,(H2,36,37,38)/t21-,23?,24-,26?,30-,31?,32-/m1/s1. The van der Waals surface area contributed by atoms with E-state index in [4.69, 9.17) is 5.73 Å². The van der Waals surface area contributed by atoms with Crippen LogP contribution in [0.1, 0.15) is 84.2 Å². The average Bonchev–Trinajstić information content (AvgIpc) is 3.47. The van der Waals surface area contributed by atoms with Gasteiger partial charge in [-0.05, 0) is 97.8 Å². The molecule has 232 valence electrons. The first-order chi connectivity index (χ1) is 20.6. The number of nitrogens with two attached hydrogens (primary N) is 1. The molecule has 0 saturated heterocycles. The third-order valence-electron chi connectivity index (χ3n) is 11.4. The number of nitrogens with zero attached hydrogens (tertiary/aromatic N) is 5. The molecule has 5 atom stereocenters. The molecule has 3 fully saturated rings. The van der Waals surface area contributed by atoms with Gasteiger partial charge in [0.1, 0.15) is 17.8 Å². The molecule has 3 saturated carbocycles. The Hall–Kier alpha value is -2.84. The number of nitrogen functional groups attached to an aromatic ring is 1. The van der Waals surface area contributed by atoms with E-state index < -0.39 is 0 Å². The van der Waals surface area contributed by atoms with E-state index in [0.29, 0.717) is 23.9 Å². The lowest BCUT2D eigenvalue weighted by atomic mass is 9.76. The van der Waals surface area contributed by atoms with Crippen LogP contribution >= 0.6 is 0 Å². The van der Waals surface area contributed by atoms with Gasteiger partial charge in [0.05, 0.1) is 35.1 Å². The van der Waals surface area contributed by atoms with E-state index in [-0.39, 0.29) is 23.5 Å². The average molecular weight is 586 g/mol. The molecular formula is C35H51N7O. The zero-order valence-electron chi connectivity index (χ0n) is 26.7. The molecule has 1 aromatic carbocycles. The van der Waals surface area contributed by atoms with Crippen molar-refractivity contribution < 1.29 is 5.11 Å². The highest BCUT2D eigenvalue weighted by atomic mass is 16.3. The van der Waals surface area contributed by atoms with Gasteiger partial charge in [-0.2, -0.15) is 0 Å². The Labute approximate surface area is 257 Å². The molecule has 0 radical (unpaired) electrons. The highest BCUT2D eigenvalue weighted by Crippen LogP contribution is 2.45. The quantitative estimate of drug-likeness (QED) is 0.282. The fraction of sp³-hybridized carbons (Fsp3) is 0.657. The Morgan fingerprint density at radius 2 is 1.84 bits per heavy atom. The largest absolute Gasteiger partial charge is 0.391 e. The molecule has 3 heterocycles. The smallest absolute Gasteiger partial charge is 0.145 e. The van der Waals surface area contributed by atoms with Crippen LogP contribution in [-0.4, -0.2) is 63.0 Å². The fourth-order valence-electron chi connectivity index (χ4n) is 8.13. The number of aliphatic hydroxyl groups excluding tert-OH is 1. The van der Waals surface area contributed by atoms with Crippen LogP contribution in [-0.2, 0) is 5.41 Å². The molecule has 4 aliphatic rings. The Morgan fingerprint density at radius 1 is 1.05 bits per heavy atom. The lowest BCUT2D eigenvalue weighted by molar-refractivity contribution is 0.0420. The summed E-state index contributed by atoms with van der Waals surface area (Å²) in [6.45, 7) is 11.4. The van der Waals surface area contributed by atoms with Crippen LogP contribution in [0.15, 0.2) is 36.8 Å². The number of fused-ring (bicyclic) bond motifs is 2. The Morgan fingerprint density at radius 3 is 2.58 bits per heavy atom. The van der Waals surface area contributed by atoms with Gasteiger partial charge in [0, 0.05) is 32.4 Å². The summed E-state index contributed by atoms with van der Waals surface area (Å²) in [6, 6.07) is 9.65. The number of rotatable bonds is 9. The number of aromatic nitrogens is 3. The maximum absolute atomic E-state index is 11.4. The molecule has 0 amide bonds. The molecule has 2 aromatic heterocycles. The predicted molar refractivity (Wildman–Crippen MR) is 175 cm³/mol. The van der Waals surface area contributed by atoms with E-state index in [1.807, 2.05) is 12.3 Å². The van der Waals surface area contributed by atoms with Gasteiger partial charge in [-0.1, -0.05) is 33.8 Å². The molecule has 3 aromatic rings. The number of benzene rings is 1. The lowest BCUT2D eigenvalue weighted by Crippen LogP contribution is -2.48. The van der Waals surface area contributed by atoms with Gasteiger partial charge in [0.2, 0.25) is 0 Å². The molecule has 4 N–H and O–H groups in total. The van der Waals surface area contributed by atoms with E-state index in [2.05, 4.69) is 82.6 Å². The second-order valence-electron chi connectivity index (χ2n) is 15.4. The van der Waals surface area contributed by atoms with Gasteiger partial charge in [-0.25, -0.2) is 9.97 Å². The fourth-order valence-corrected chi connectivity index (χ4v) is 8.13. The van der Waals surface area contributed by atoms with Crippen molar-refractivity contribution in [1.29, 1.82) is 0 Å².